The van der Waals surface area contributed by atoms with Crippen LogP contribution < -0.4 is 0 Å². The molecule has 0 saturated carbocycles. The van der Waals surface area contributed by atoms with E-state index in [2.05, 4.69) is 31.7 Å². The molecule has 2 unspecified atom stereocenters. The molecule has 0 aromatic carbocycles. The van der Waals surface area contributed by atoms with Gasteiger partial charge in [0.1, 0.15) is 6.23 Å². The van der Waals surface area contributed by atoms with Gasteiger partial charge in [-0.05, 0) is 39.0 Å². The summed E-state index contributed by atoms with van der Waals surface area (Å²) >= 11 is 0. The average Bonchev–Trinajstić information content (AvgIpc) is 2.66. The zero-order chi connectivity index (χ0) is 12.7. The Morgan fingerprint density at radius 1 is 1.53 bits per heavy atom. The van der Waals surface area contributed by atoms with E-state index < -0.39 is 0 Å². The maximum absolute atomic E-state index is 8.98. The lowest BCUT2D eigenvalue weighted by molar-refractivity contribution is 0.00930. The summed E-state index contributed by atoms with van der Waals surface area (Å²) in [5.41, 5.74) is 1.40. The summed E-state index contributed by atoms with van der Waals surface area (Å²) in [6.45, 7) is 9.33. The van der Waals surface area contributed by atoms with Crippen molar-refractivity contribution in [2.45, 2.75) is 46.3 Å². The standard InChI is InChI=1S/C14H27NO2/c1-12(2)5-4-6-13(3)11-14-15(7-9-16)8-10-17-14/h5,13-14,16H,4,6-11H2,1-3H3. The quantitative estimate of drug-likeness (QED) is 0.695. The first-order chi connectivity index (χ1) is 8.13. The van der Waals surface area contributed by atoms with Crippen molar-refractivity contribution in [3.63, 3.8) is 0 Å². The number of aliphatic hydroxyl groups excluding tert-OH is 1. The molecule has 0 aliphatic carbocycles. The van der Waals surface area contributed by atoms with Gasteiger partial charge in [-0.3, -0.25) is 4.90 Å². The van der Waals surface area contributed by atoms with Crippen molar-refractivity contribution in [3.05, 3.63) is 11.6 Å². The van der Waals surface area contributed by atoms with Crippen LogP contribution in [0.4, 0.5) is 0 Å². The predicted octanol–water partition coefficient (Wildman–Crippen LogP) is 2.41. The number of allylic oxidation sites excluding steroid dienone is 2. The van der Waals surface area contributed by atoms with Gasteiger partial charge < -0.3 is 9.84 Å². The lowest BCUT2D eigenvalue weighted by atomic mass is 10.00. The second-order valence-electron chi connectivity index (χ2n) is 5.28. The third-order valence-electron chi connectivity index (χ3n) is 3.30. The fourth-order valence-electron chi connectivity index (χ4n) is 2.28. The van der Waals surface area contributed by atoms with Gasteiger partial charge in [-0.2, -0.15) is 0 Å². The average molecular weight is 241 g/mol. The number of ether oxygens (including phenoxy) is 1. The summed E-state index contributed by atoms with van der Waals surface area (Å²) in [7, 11) is 0. The topological polar surface area (TPSA) is 32.7 Å². The fraction of sp³-hybridized carbons (Fsp3) is 0.857. The molecule has 0 aromatic heterocycles. The largest absolute Gasteiger partial charge is 0.395 e. The molecular formula is C14H27NO2. The highest BCUT2D eigenvalue weighted by Crippen LogP contribution is 2.21. The van der Waals surface area contributed by atoms with Crippen LogP contribution in [-0.2, 0) is 4.74 Å². The summed E-state index contributed by atoms with van der Waals surface area (Å²) in [6, 6.07) is 0. The minimum Gasteiger partial charge on any atom is -0.395 e. The third-order valence-corrected chi connectivity index (χ3v) is 3.30. The monoisotopic (exact) mass is 241 g/mol. The van der Waals surface area contributed by atoms with E-state index in [1.165, 1.54) is 12.0 Å². The van der Waals surface area contributed by atoms with Gasteiger partial charge in [-0.25, -0.2) is 0 Å². The molecule has 3 heteroatoms. The molecule has 0 aromatic rings. The van der Waals surface area contributed by atoms with Crippen molar-refractivity contribution in [1.82, 2.24) is 4.90 Å². The van der Waals surface area contributed by atoms with Crippen LogP contribution in [0.2, 0.25) is 0 Å². The number of rotatable bonds is 7. The molecule has 3 nitrogen and oxygen atoms in total. The maximum Gasteiger partial charge on any atom is 0.111 e. The van der Waals surface area contributed by atoms with Crippen molar-refractivity contribution >= 4 is 0 Å². The van der Waals surface area contributed by atoms with Gasteiger partial charge in [-0.15, -0.1) is 0 Å². The number of hydrogen-bond donors (Lipinski definition) is 1. The minimum absolute atomic E-state index is 0.226. The number of aliphatic hydroxyl groups is 1. The lowest BCUT2D eigenvalue weighted by Crippen LogP contribution is -2.33. The van der Waals surface area contributed by atoms with E-state index in [-0.39, 0.29) is 12.8 Å². The van der Waals surface area contributed by atoms with E-state index in [1.54, 1.807) is 0 Å². The van der Waals surface area contributed by atoms with Crippen LogP contribution in [0, 0.1) is 5.92 Å². The Bertz CT molecular complexity index is 236. The highest BCUT2D eigenvalue weighted by atomic mass is 16.5. The van der Waals surface area contributed by atoms with Crippen molar-refractivity contribution in [2.75, 3.05) is 26.3 Å². The summed E-state index contributed by atoms with van der Waals surface area (Å²) in [4.78, 5) is 2.25. The molecule has 17 heavy (non-hydrogen) atoms. The molecule has 2 atom stereocenters. The third kappa shape index (κ3) is 5.66. The van der Waals surface area contributed by atoms with Gasteiger partial charge in [-0.1, -0.05) is 18.6 Å². The van der Waals surface area contributed by atoms with E-state index >= 15 is 0 Å². The number of β-amino-alcohol motifs (C(OH)–C–C–N with tert-alkyl or cyclic N) is 1. The molecule has 0 bridgehead atoms. The van der Waals surface area contributed by atoms with E-state index in [4.69, 9.17) is 9.84 Å². The number of hydrogen-bond acceptors (Lipinski definition) is 3. The Kier molecular flexibility index (Phi) is 6.78. The Balaban J connectivity index is 2.25. The lowest BCUT2D eigenvalue weighted by Gasteiger charge is -2.24. The molecule has 0 spiro atoms. The van der Waals surface area contributed by atoms with E-state index in [0.29, 0.717) is 5.92 Å². The molecular weight excluding hydrogens is 214 g/mol. The zero-order valence-corrected chi connectivity index (χ0v) is 11.5. The summed E-state index contributed by atoms with van der Waals surface area (Å²) in [6.07, 6.45) is 5.99. The van der Waals surface area contributed by atoms with Crippen LogP contribution in [0.5, 0.6) is 0 Å². The normalized spacial score (nSPS) is 22.7. The molecule has 1 rings (SSSR count). The maximum atomic E-state index is 8.98. The van der Waals surface area contributed by atoms with Gasteiger partial charge in [0.2, 0.25) is 0 Å². The first-order valence-electron chi connectivity index (χ1n) is 6.73. The molecule has 0 radical (unpaired) electrons. The molecule has 1 saturated heterocycles. The number of nitrogens with zero attached hydrogens (tertiary/aromatic N) is 1. The van der Waals surface area contributed by atoms with Gasteiger partial charge in [0.05, 0.1) is 13.2 Å². The van der Waals surface area contributed by atoms with Crippen LogP contribution in [-0.4, -0.2) is 42.5 Å². The summed E-state index contributed by atoms with van der Waals surface area (Å²) in [5.74, 6) is 0.676. The second kappa shape index (κ2) is 7.85. The van der Waals surface area contributed by atoms with Crippen molar-refractivity contribution < 1.29 is 9.84 Å². The molecule has 100 valence electrons. The Hall–Kier alpha value is -0.380. The first-order valence-corrected chi connectivity index (χ1v) is 6.73. The van der Waals surface area contributed by atoms with E-state index in [0.717, 1.165) is 32.5 Å². The van der Waals surface area contributed by atoms with Gasteiger partial charge in [0, 0.05) is 13.1 Å². The predicted molar refractivity (Wildman–Crippen MR) is 70.8 cm³/mol. The molecule has 1 aliphatic heterocycles. The highest BCUT2D eigenvalue weighted by molar-refractivity contribution is 4.92. The van der Waals surface area contributed by atoms with Gasteiger partial charge in [0.15, 0.2) is 0 Å². The molecule has 1 N–H and O–H groups in total. The molecule has 0 amide bonds. The van der Waals surface area contributed by atoms with Crippen LogP contribution in [0.3, 0.4) is 0 Å². The van der Waals surface area contributed by atoms with E-state index in [9.17, 15) is 0 Å². The van der Waals surface area contributed by atoms with Crippen LogP contribution in [0.15, 0.2) is 11.6 Å². The molecule has 1 heterocycles. The van der Waals surface area contributed by atoms with Crippen molar-refractivity contribution in [3.8, 4) is 0 Å². The SMILES string of the molecule is CC(C)=CCCC(C)CC1OCCN1CCO. The summed E-state index contributed by atoms with van der Waals surface area (Å²) in [5, 5.41) is 8.98. The Labute approximate surface area is 105 Å². The second-order valence-corrected chi connectivity index (χ2v) is 5.28. The first kappa shape index (κ1) is 14.7. The fourth-order valence-corrected chi connectivity index (χ4v) is 2.28. The zero-order valence-electron chi connectivity index (χ0n) is 11.5. The molecule has 1 aliphatic rings. The van der Waals surface area contributed by atoms with Crippen LogP contribution in [0.1, 0.15) is 40.0 Å². The smallest absolute Gasteiger partial charge is 0.111 e. The van der Waals surface area contributed by atoms with Crippen LogP contribution in [0.25, 0.3) is 0 Å². The van der Waals surface area contributed by atoms with Gasteiger partial charge in [0.25, 0.3) is 0 Å². The summed E-state index contributed by atoms with van der Waals surface area (Å²) < 4.78 is 5.72. The highest BCUT2D eigenvalue weighted by Gasteiger charge is 2.25. The van der Waals surface area contributed by atoms with Crippen molar-refractivity contribution in [2.24, 2.45) is 5.92 Å². The van der Waals surface area contributed by atoms with Crippen molar-refractivity contribution in [1.29, 1.82) is 0 Å². The Morgan fingerprint density at radius 2 is 2.29 bits per heavy atom. The van der Waals surface area contributed by atoms with Gasteiger partial charge >= 0.3 is 0 Å². The van der Waals surface area contributed by atoms with Crippen LogP contribution >= 0.6 is 0 Å². The Morgan fingerprint density at radius 3 is 2.94 bits per heavy atom. The minimum atomic E-state index is 0.226. The molecule has 1 fully saturated rings. The van der Waals surface area contributed by atoms with E-state index in [1.807, 2.05) is 0 Å².